The van der Waals surface area contributed by atoms with Crippen molar-refractivity contribution in [2.45, 2.75) is 91.1 Å². The van der Waals surface area contributed by atoms with E-state index in [2.05, 4.69) is 42.9 Å². The van der Waals surface area contributed by atoms with E-state index in [1.54, 1.807) is 0 Å². The maximum Gasteiger partial charge on any atom is 0.306 e. The van der Waals surface area contributed by atoms with E-state index >= 15 is 0 Å². The lowest BCUT2D eigenvalue weighted by Gasteiger charge is -2.16. The molecule has 2 atom stereocenters. The smallest absolute Gasteiger partial charge is 0.306 e. The molecule has 0 amide bonds. The number of ether oxygens (including phenoxy) is 1. The van der Waals surface area contributed by atoms with E-state index in [4.69, 9.17) is 4.74 Å². The monoisotopic (exact) mass is 396 g/mol. The molecule has 0 N–H and O–H groups in total. The lowest BCUT2D eigenvalue weighted by molar-refractivity contribution is -0.148. The summed E-state index contributed by atoms with van der Waals surface area (Å²) in [5, 5.41) is 0. The van der Waals surface area contributed by atoms with Gasteiger partial charge in [-0.05, 0) is 43.2 Å². The van der Waals surface area contributed by atoms with Gasteiger partial charge < -0.3 is 4.74 Å². The fourth-order valence-electron chi connectivity index (χ4n) is 3.44. The van der Waals surface area contributed by atoms with E-state index in [1.807, 2.05) is 31.5 Å². The van der Waals surface area contributed by atoms with Gasteiger partial charge in [0.05, 0.1) is 12.5 Å². The average molecular weight is 397 g/mol. The van der Waals surface area contributed by atoms with Crippen molar-refractivity contribution in [1.29, 1.82) is 0 Å². The minimum absolute atomic E-state index is 0.00163. The molecule has 0 fully saturated rings. The fraction of sp³-hybridized carbons (Fsp3) is 0.560. The second-order valence-corrected chi connectivity index (χ2v) is 8.04. The van der Waals surface area contributed by atoms with Crippen LogP contribution in [0.4, 0.5) is 0 Å². The summed E-state index contributed by atoms with van der Waals surface area (Å²) in [5.41, 5.74) is 3.29. The minimum Gasteiger partial charge on any atom is -0.463 e. The third kappa shape index (κ3) is 7.96. The first-order valence-electron chi connectivity index (χ1n) is 11.1. The Morgan fingerprint density at radius 2 is 1.66 bits per heavy atom. The van der Waals surface area contributed by atoms with Crippen LogP contribution < -0.4 is 0 Å². The number of unbranched alkanes of at least 4 members (excludes halogenated alkanes) is 3. The van der Waals surface area contributed by atoms with Crippen molar-refractivity contribution in [3.63, 3.8) is 0 Å². The molecule has 2 unspecified atom stereocenters. The summed E-state index contributed by atoms with van der Waals surface area (Å²) >= 11 is 0. The van der Waals surface area contributed by atoms with E-state index < -0.39 is 0 Å². The molecule has 0 saturated carbocycles. The first kappa shape index (κ1) is 23.1. The van der Waals surface area contributed by atoms with Crippen molar-refractivity contribution in [3.8, 4) is 11.4 Å². The molecule has 4 heteroatoms. The molecular weight excluding hydrogens is 360 g/mol. The first-order valence-corrected chi connectivity index (χ1v) is 11.1. The summed E-state index contributed by atoms with van der Waals surface area (Å²) in [7, 11) is 0. The molecule has 1 heterocycles. The van der Waals surface area contributed by atoms with Crippen LogP contribution in [0.1, 0.15) is 89.7 Å². The number of carbonyl (C=O) groups excluding carboxylic acids is 1. The molecule has 4 nitrogen and oxygen atoms in total. The normalized spacial score (nSPS) is 13.1. The van der Waals surface area contributed by atoms with E-state index in [-0.39, 0.29) is 18.0 Å². The van der Waals surface area contributed by atoms with Crippen LogP contribution in [0.2, 0.25) is 0 Å². The third-order valence-corrected chi connectivity index (χ3v) is 5.25. The zero-order chi connectivity index (χ0) is 21.1. The Hall–Kier alpha value is -2.23. The number of nitrogens with zero attached hydrogens (tertiary/aromatic N) is 2. The first-order chi connectivity index (χ1) is 14.0. The van der Waals surface area contributed by atoms with Gasteiger partial charge in [0.15, 0.2) is 5.82 Å². The number of carbonyl (C=O) groups is 1. The molecule has 0 saturated heterocycles. The summed E-state index contributed by atoms with van der Waals surface area (Å²) in [6.45, 7) is 8.42. The van der Waals surface area contributed by atoms with Gasteiger partial charge in [0.25, 0.3) is 0 Å². The van der Waals surface area contributed by atoms with Gasteiger partial charge >= 0.3 is 5.97 Å². The number of rotatable bonds is 12. The Morgan fingerprint density at radius 1 is 0.966 bits per heavy atom. The largest absolute Gasteiger partial charge is 0.463 e. The molecule has 0 radical (unpaired) electrons. The Bertz CT molecular complexity index is 725. The number of hydrogen-bond donors (Lipinski definition) is 0. The van der Waals surface area contributed by atoms with Crippen LogP contribution in [0.25, 0.3) is 11.4 Å². The molecular formula is C25H36N2O2. The topological polar surface area (TPSA) is 52.1 Å². The Kier molecular flexibility index (Phi) is 9.82. The zero-order valence-corrected chi connectivity index (χ0v) is 18.5. The van der Waals surface area contributed by atoms with Crippen LogP contribution in [-0.4, -0.2) is 22.0 Å². The highest BCUT2D eigenvalue weighted by molar-refractivity contribution is 5.70. The van der Waals surface area contributed by atoms with Gasteiger partial charge in [-0.1, -0.05) is 70.7 Å². The van der Waals surface area contributed by atoms with Gasteiger partial charge in [0.2, 0.25) is 0 Å². The number of esters is 1. The van der Waals surface area contributed by atoms with Crippen molar-refractivity contribution in [3.05, 3.63) is 47.8 Å². The standard InChI is InChI=1S/C25H36N2O2/c1-5-7-8-9-11-20(4)29-24(28)16-19(3)22-12-14-23(15-13-22)25-26-17-21(10-6-2)18-27-25/h12-15,17-20H,5-11,16H2,1-4H3. The van der Waals surface area contributed by atoms with Gasteiger partial charge in [-0.25, -0.2) is 9.97 Å². The van der Waals surface area contributed by atoms with Crippen LogP contribution in [-0.2, 0) is 16.0 Å². The van der Waals surface area contributed by atoms with Crippen LogP contribution in [0.3, 0.4) is 0 Å². The van der Waals surface area contributed by atoms with Crippen LogP contribution >= 0.6 is 0 Å². The molecule has 1 aromatic carbocycles. The number of benzene rings is 1. The Labute approximate surface area is 176 Å². The molecule has 0 bridgehead atoms. The SMILES string of the molecule is CCCCCCC(C)OC(=O)CC(C)c1ccc(-c2ncc(CCC)cn2)cc1. The molecule has 29 heavy (non-hydrogen) atoms. The van der Waals surface area contributed by atoms with E-state index in [1.165, 1.54) is 24.8 Å². The van der Waals surface area contributed by atoms with Gasteiger partial charge in [-0.3, -0.25) is 4.79 Å². The molecule has 0 spiro atoms. The summed E-state index contributed by atoms with van der Waals surface area (Å²) < 4.78 is 5.59. The average Bonchev–Trinajstić information content (AvgIpc) is 2.72. The predicted octanol–water partition coefficient (Wildman–Crippen LogP) is 6.49. The van der Waals surface area contributed by atoms with E-state index in [0.717, 1.165) is 42.6 Å². The van der Waals surface area contributed by atoms with Gasteiger partial charge in [-0.2, -0.15) is 0 Å². The zero-order valence-electron chi connectivity index (χ0n) is 18.5. The second kappa shape index (κ2) is 12.4. The van der Waals surface area contributed by atoms with Gasteiger partial charge in [0.1, 0.15) is 0 Å². The van der Waals surface area contributed by atoms with Gasteiger partial charge in [-0.15, -0.1) is 0 Å². The van der Waals surface area contributed by atoms with Crippen molar-refractivity contribution >= 4 is 5.97 Å². The highest BCUT2D eigenvalue weighted by Crippen LogP contribution is 2.23. The summed E-state index contributed by atoms with van der Waals surface area (Å²) in [4.78, 5) is 21.2. The van der Waals surface area contributed by atoms with Crippen LogP contribution in [0, 0.1) is 0 Å². The summed E-state index contributed by atoms with van der Waals surface area (Å²) in [6.07, 6.45) is 12.1. The maximum absolute atomic E-state index is 12.3. The van der Waals surface area contributed by atoms with E-state index in [0.29, 0.717) is 6.42 Å². The lowest BCUT2D eigenvalue weighted by atomic mass is 9.96. The van der Waals surface area contributed by atoms with E-state index in [9.17, 15) is 4.79 Å². The highest BCUT2D eigenvalue weighted by Gasteiger charge is 2.15. The minimum atomic E-state index is -0.112. The molecule has 0 aliphatic heterocycles. The Morgan fingerprint density at radius 3 is 2.28 bits per heavy atom. The van der Waals surface area contributed by atoms with Crippen molar-refractivity contribution in [2.24, 2.45) is 0 Å². The number of aromatic nitrogens is 2. The van der Waals surface area contributed by atoms with Crippen molar-refractivity contribution < 1.29 is 9.53 Å². The van der Waals surface area contributed by atoms with Crippen LogP contribution in [0.5, 0.6) is 0 Å². The summed E-state index contributed by atoms with van der Waals surface area (Å²) in [5.74, 6) is 0.747. The molecule has 1 aromatic heterocycles. The van der Waals surface area contributed by atoms with Crippen LogP contribution in [0.15, 0.2) is 36.7 Å². The lowest BCUT2D eigenvalue weighted by Crippen LogP contribution is -2.16. The van der Waals surface area contributed by atoms with Crippen molar-refractivity contribution in [1.82, 2.24) is 9.97 Å². The fourth-order valence-corrected chi connectivity index (χ4v) is 3.44. The molecule has 2 aromatic rings. The molecule has 0 aliphatic carbocycles. The molecule has 2 rings (SSSR count). The molecule has 158 valence electrons. The third-order valence-electron chi connectivity index (χ3n) is 5.25. The van der Waals surface area contributed by atoms with Gasteiger partial charge in [0, 0.05) is 18.0 Å². The molecule has 0 aliphatic rings. The maximum atomic E-state index is 12.3. The Balaban J connectivity index is 1.84. The summed E-state index contributed by atoms with van der Waals surface area (Å²) in [6, 6.07) is 8.18. The quantitative estimate of drug-likeness (QED) is 0.304. The highest BCUT2D eigenvalue weighted by atomic mass is 16.5. The van der Waals surface area contributed by atoms with Crippen molar-refractivity contribution in [2.75, 3.05) is 0 Å². The number of aryl methyl sites for hydroxylation is 1. The predicted molar refractivity (Wildman–Crippen MR) is 119 cm³/mol. The second-order valence-electron chi connectivity index (χ2n) is 8.04. The number of hydrogen-bond acceptors (Lipinski definition) is 4.